The molecule has 0 N–H and O–H groups in total. The van der Waals surface area contributed by atoms with Gasteiger partial charge in [-0.15, -0.1) is 0 Å². The van der Waals surface area contributed by atoms with Crippen LogP contribution in [0.25, 0.3) is 0 Å². The summed E-state index contributed by atoms with van der Waals surface area (Å²) in [5, 5.41) is 0. The first-order valence-electron chi connectivity index (χ1n) is 9.15. The van der Waals surface area contributed by atoms with Crippen LogP contribution in [0.2, 0.25) is 0 Å². The number of hydrogen-bond donors (Lipinski definition) is 0. The van der Waals surface area contributed by atoms with E-state index in [9.17, 15) is 4.57 Å². The van der Waals surface area contributed by atoms with Crippen LogP contribution in [0.3, 0.4) is 0 Å². The van der Waals surface area contributed by atoms with Crippen molar-refractivity contribution in [1.82, 2.24) is 0 Å². The second-order valence-corrected chi connectivity index (χ2v) is 8.47. The summed E-state index contributed by atoms with van der Waals surface area (Å²) in [5.74, 6) is 1.39. The highest BCUT2D eigenvalue weighted by molar-refractivity contribution is 7.49. The number of phosphoric ester groups is 1. The molecule has 0 bridgehead atoms. The second kappa shape index (κ2) is 8.12. The molecule has 5 heteroatoms. The van der Waals surface area contributed by atoms with E-state index in [0.29, 0.717) is 17.2 Å². The SMILES string of the molecule is Cc1ccc(OP(=O)(Oc2ccccc2)Oc2c(C)cc(C)cc2C)c(C)c1. The number of para-hydroxylation sites is 1. The Bertz CT molecular complexity index is 1010. The lowest BCUT2D eigenvalue weighted by molar-refractivity contribution is 0.296. The minimum Gasteiger partial charge on any atom is -0.386 e. The summed E-state index contributed by atoms with van der Waals surface area (Å²) in [6, 6.07) is 18.5. The number of hydrogen-bond acceptors (Lipinski definition) is 4. The van der Waals surface area contributed by atoms with E-state index in [4.69, 9.17) is 13.6 Å². The van der Waals surface area contributed by atoms with Gasteiger partial charge in [-0.3, -0.25) is 0 Å². The summed E-state index contributed by atoms with van der Waals surface area (Å²) in [5.41, 5.74) is 4.81. The molecular weight excluding hydrogens is 371 g/mol. The van der Waals surface area contributed by atoms with Crippen LogP contribution in [0.15, 0.2) is 60.7 Å². The summed E-state index contributed by atoms with van der Waals surface area (Å²) in [6.45, 7) is 9.73. The fraction of sp³-hybridized carbons (Fsp3) is 0.217. The lowest BCUT2D eigenvalue weighted by Crippen LogP contribution is -2.09. The largest absolute Gasteiger partial charge is 0.647 e. The first kappa shape index (κ1) is 20.0. The number of benzene rings is 3. The average Bonchev–Trinajstić information content (AvgIpc) is 2.62. The number of phosphoric acid groups is 1. The van der Waals surface area contributed by atoms with E-state index >= 15 is 0 Å². The first-order chi connectivity index (χ1) is 13.3. The summed E-state index contributed by atoms with van der Waals surface area (Å²) >= 11 is 0. The molecule has 0 fully saturated rings. The normalized spacial score (nSPS) is 12.9. The van der Waals surface area contributed by atoms with Crippen molar-refractivity contribution in [3.8, 4) is 17.2 Å². The van der Waals surface area contributed by atoms with Crippen LogP contribution in [0.5, 0.6) is 17.2 Å². The van der Waals surface area contributed by atoms with E-state index < -0.39 is 7.82 Å². The highest BCUT2D eigenvalue weighted by atomic mass is 31.2. The number of aryl methyl sites for hydroxylation is 5. The maximum Gasteiger partial charge on any atom is 0.647 e. The minimum atomic E-state index is -4.00. The molecule has 0 aliphatic heterocycles. The predicted octanol–water partition coefficient (Wildman–Crippen LogP) is 6.87. The monoisotopic (exact) mass is 396 g/mol. The Morgan fingerprint density at radius 2 is 1.25 bits per heavy atom. The molecule has 0 aliphatic rings. The van der Waals surface area contributed by atoms with Crippen LogP contribution in [0.1, 0.15) is 27.8 Å². The van der Waals surface area contributed by atoms with Gasteiger partial charge in [-0.25, -0.2) is 0 Å². The van der Waals surface area contributed by atoms with E-state index in [-0.39, 0.29) is 0 Å². The van der Waals surface area contributed by atoms with Crippen LogP contribution in [-0.4, -0.2) is 0 Å². The molecule has 3 aromatic rings. The fourth-order valence-corrected chi connectivity index (χ4v) is 4.56. The zero-order chi connectivity index (χ0) is 20.3. The molecular formula is C23H25O4P. The van der Waals surface area contributed by atoms with Gasteiger partial charge in [-0.1, -0.05) is 53.6 Å². The molecule has 0 saturated carbocycles. The Labute approximate surface area is 166 Å². The van der Waals surface area contributed by atoms with Crippen molar-refractivity contribution >= 4 is 7.82 Å². The van der Waals surface area contributed by atoms with Crippen molar-refractivity contribution in [2.75, 3.05) is 0 Å². The van der Waals surface area contributed by atoms with Gasteiger partial charge in [0, 0.05) is 0 Å². The summed E-state index contributed by atoms with van der Waals surface area (Å²) in [7, 11) is -4.00. The molecule has 28 heavy (non-hydrogen) atoms. The lowest BCUT2D eigenvalue weighted by atomic mass is 10.1. The van der Waals surface area contributed by atoms with Gasteiger partial charge >= 0.3 is 7.82 Å². The molecule has 0 radical (unpaired) electrons. The quantitative estimate of drug-likeness (QED) is 0.426. The van der Waals surface area contributed by atoms with Gasteiger partial charge in [0.2, 0.25) is 0 Å². The molecule has 3 aromatic carbocycles. The average molecular weight is 396 g/mol. The summed E-state index contributed by atoms with van der Waals surface area (Å²) < 4.78 is 31.2. The van der Waals surface area contributed by atoms with Crippen LogP contribution in [0, 0.1) is 34.6 Å². The van der Waals surface area contributed by atoms with Crippen LogP contribution < -0.4 is 13.6 Å². The molecule has 0 amide bonds. The van der Waals surface area contributed by atoms with Crippen molar-refractivity contribution < 1.29 is 18.1 Å². The van der Waals surface area contributed by atoms with Gasteiger partial charge < -0.3 is 13.6 Å². The van der Waals surface area contributed by atoms with Crippen LogP contribution in [-0.2, 0) is 4.57 Å². The van der Waals surface area contributed by atoms with Crippen molar-refractivity contribution in [2.24, 2.45) is 0 Å². The highest BCUT2D eigenvalue weighted by Gasteiger charge is 2.34. The molecule has 0 spiro atoms. The molecule has 3 rings (SSSR count). The van der Waals surface area contributed by atoms with Gasteiger partial charge in [0.05, 0.1) is 0 Å². The van der Waals surface area contributed by atoms with Crippen LogP contribution in [0.4, 0.5) is 0 Å². The third kappa shape index (κ3) is 4.76. The fourth-order valence-electron chi connectivity index (χ4n) is 3.11. The molecule has 0 heterocycles. The lowest BCUT2D eigenvalue weighted by Gasteiger charge is -2.22. The van der Waals surface area contributed by atoms with Gasteiger partial charge in [-0.2, -0.15) is 4.57 Å². The van der Waals surface area contributed by atoms with Gasteiger partial charge in [-0.05, 0) is 69.5 Å². The van der Waals surface area contributed by atoms with Gasteiger partial charge in [0.15, 0.2) is 0 Å². The van der Waals surface area contributed by atoms with E-state index in [0.717, 1.165) is 27.8 Å². The van der Waals surface area contributed by atoms with Crippen molar-refractivity contribution in [3.05, 3.63) is 88.5 Å². The third-order valence-corrected chi connectivity index (χ3v) is 5.57. The minimum absolute atomic E-state index is 0.415. The third-order valence-electron chi connectivity index (χ3n) is 4.31. The highest BCUT2D eigenvalue weighted by Crippen LogP contribution is 2.51. The Morgan fingerprint density at radius 1 is 0.643 bits per heavy atom. The maximum atomic E-state index is 13.7. The molecule has 0 saturated heterocycles. The maximum absolute atomic E-state index is 13.7. The molecule has 4 nitrogen and oxygen atoms in total. The van der Waals surface area contributed by atoms with Crippen molar-refractivity contribution in [2.45, 2.75) is 34.6 Å². The zero-order valence-corrected chi connectivity index (χ0v) is 17.7. The Morgan fingerprint density at radius 3 is 1.86 bits per heavy atom. The second-order valence-electron chi connectivity index (χ2n) is 7.03. The van der Waals surface area contributed by atoms with E-state index in [2.05, 4.69) is 0 Å². The molecule has 1 atom stereocenters. The standard InChI is InChI=1S/C23H25O4P/c1-16-11-12-22(18(3)13-16)26-28(24,25-21-9-7-6-8-10-21)27-23-19(4)14-17(2)15-20(23)5/h6-15H,1-5H3. The van der Waals surface area contributed by atoms with E-state index in [1.165, 1.54) is 0 Å². The summed E-state index contributed by atoms with van der Waals surface area (Å²) in [4.78, 5) is 0. The molecule has 0 aliphatic carbocycles. The van der Waals surface area contributed by atoms with E-state index in [1.807, 2.05) is 65.0 Å². The zero-order valence-electron chi connectivity index (χ0n) is 16.9. The van der Waals surface area contributed by atoms with Gasteiger partial charge in [0.1, 0.15) is 17.2 Å². The Kier molecular flexibility index (Phi) is 5.81. The Hall–Kier alpha value is -2.71. The van der Waals surface area contributed by atoms with Crippen molar-refractivity contribution in [3.63, 3.8) is 0 Å². The number of rotatable bonds is 6. The molecule has 1 unspecified atom stereocenters. The topological polar surface area (TPSA) is 44.8 Å². The van der Waals surface area contributed by atoms with Gasteiger partial charge in [0.25, 0.3) is 0 Å². The molecule has 146 valence electrons. The summed E-state index contributed by atoms with van der Waals surface area (Å²) in [6.07, 6.45) is 0. The van der Waals surface area contributed by atoms with E-state index in [1.54, 1.807) is 30.3 Å². The van der Waals surface area contributed by atoms with Crippen LogP contribution >= 0.6 is 7.82 Å². The smallest absolute Gasteiger partial charge is 0.386 e. The van der Waals surface area contributed by atoms with Crippen molar-refractivity contribution in [1.29, 1.82) is 0 Å². The predicted molar refractivity (Wildman–Crippen MR) is 113 cm³/mol. The first-order valence-corrected chi connectivity index (χ1v) is 10.6. The Balaban J connectivity index is 2.00. The molecule has 0 aromatic heterocycles.